The van der Waals surface area contributed by atoms with Crippen LogP contribution >= 0.6 is 0 Å². The van der Waals surface area contributed by atoms with E-state index in [1.807, 2.05) is 48.0 Å². The maximum atomic E-state index is 12.6. The minimum absolute atomic E-state index is 0.0342. The van der Waals surface area contributed by atoms with Crippen LogP contribution in [0.2, 0.25) is 0 Å². The number of ether oxygens (including phenoxy) is 2. The highest BCUT2D eigenvalue weighted by Crippen LogP contribution is 2.29. The molecule has 3 aromatic rings. The molecule has 0 radical (unpaired) electrons. The van der Waals surface area contributed by atoms with Crippen molar-refractivity contribution in [2.75, 3.05) is 7.11 Å². The summed E-state index contributed by atoms with van der Waals surface area (Å²) in [4.78, 5) is 16.8. The number of hydrogen-bond donors (Lipinski definition) is 0. The number of carbonyl (C=O) groups excluding carboxylic acids is 1. The van der Waals surface area contributed by atoms with Crippen molar-refractivity contribution in [1.82, 2.24) is 4.57 Å². The predicted molar refractivity (Wildman–Crippen MR) is 104 cm³/mol. The predicted octanol–water partition coefficient (Wildman–Crippen LogP) is 4.20. The van der Waals surface area contributed by atoms with Crippen LogP contribution in [0.4, 0.5) is 8.78 Å². The van der Waals surface area contributed by atoms with Gasteiger partial charge in [-0.15, -0.1) is 0 Å². The van der Waals surface area contributed by atoms with Gasteiger partial charge in [0.25, 0.3) is 5.91 Å². The van der Waals surface area contributed by atoms with Crippen LogP contribution in [-0.2, 0) is 6.54 Å². The van der Waals surface area contributed by atoms with Gasteiger partial charge in [0.1, 0.15) is 5.49 Å². The van der Waals surface area contributed by atoms with Crippen LogP contribution < -0.4 is 15.0 Å². The smallest absolute Gasteiger partial charge is 0.387 e. The molecule has 0 aliphatic carbocycles. The number of aryl methyl sites for hydroxylation is 1. The molecule has 0 unspecified atom stereocenters. The van der Waals surface area contributed by atoms with Gasteiger partial charge >= 0.3 is 6.61 Å². The topological polar surface area (TPSA) is 52.8 Å². The largest absolute Gasteiger partial charge is 0.493 e. The fourth-order valence-electron chi connectivity index (χ4n) is 2.76. The number of amides is 1. The van der Waals surface area contributed by atoms with Gasteiger partial charge < -0.3 is 14.0 Å². The SMILES string of the molecule is COc1cc(C(=O)N=c2ccccn2Cc2ccc(C)cc2)ccc1OC(F)F. The molecular formula is C22H20F2N2O3. The summed E-state index contributed by atoms with van der Waals surface area (Å²) in [5.74, 6) is -0.629. The van der Waals surface area contributed by atoms with E-state index in [0.29, 0.717) is 12.0 Å². The van der Waals surface area contributed by atoms with E-state index in [0.717, 1.165) is 5.56 Å². The van der Waals surface area contributed by atoms with Crippen LogP contribution in [0.5, 0.6) is 11.5 Å². The molecule has 0 fully saturated rings. The number of methoxy groups -OCH3 is 1. The van der Waals surface area contributed by atoms with Crippen LogP contribution in [0.1, 0.15) is 21.5 Å². The maximum Gasteiger partial charge on any atom is 0.387 e. The summed E-state index contributed by atoms with van der Waals surface area (Å²) < 4.78 is 36.2. The second-order valence-corrected chi connectivity index (χ2v) is 6.33. The van der Waals surface area contributed by atoms with Crippen molar-refractivity contribution in [3.63, 3.8) is 0 Å². The number of halogens is 2. The number of hydrogen-bond acceptors (Lipinski definition) is 3. The maximum absolute atomic E-state index is 12.6. The molecular weight excluding hydrogens is 378 g/mol. The molecule has 0 saturated carbocycles. The van der Waals surface area contributed by atoms with Gasteiger partial charge in [0.15, 0.2) is 11.5 Å². The summed E-state index contributed by atoms with van der Waals surface area (Å²) in [7, 11) is 1.31. The Morgan fingerprint density at radius 2 is 1.83 bits per heavy atom. The van der Waals surface area contributed by atoms with Crippen LogP contribution in [0, 0.1) is 6.92 Å². The first-order valence-electron chi connectivity index (χ1n) is 8.89. The van der Waals surface area contributed by atoms with Crippen molar-refractivity contribution >= 4 is 5.91 Å². The van der Waals surface area contributed by atoms with Crippen molar-refractivity contribution in [3.05, 3.63) is 89.0 Å². The van der Waals surface area contributed by atoms with Gasteiger partial charge in [0.2, 0.25) is 0 Å². The van der Waals surface area contributed by atoms with Crippen molar-refractivity contribution < 1.29 is 23.0 Å². The molecule has 1 amide bonds. The highest BCUT2D eigenvalue weighted by Gasteiger charge is 2.14. The Labute approximate surface area is 166 Å². The quantitative estimate of drug-likeness (QED) is 0.626. The lowest BCUT2D eigenvalue weighted by Crippen LogP contribution is -2.22. The summed E-state index contributed by atoms with van der Waals surface area (Å²) in [5.41, 5.74) is 2.92. The van der Waals surface area contributed by atoms with Gasteiger partial charge in [-0.2, -0.15) is 13.8 Å². The zero-order valence-corrected chi connectivity index (χ0v) is 16.0. The molecule has 0 aliphatic heterocycles. The van der Waals surface area contributed by atoms with E-state index < -0.39 is 12.5 Å². The number of carbonyl (C=O) groups is 1. The van der Waals surface area contributed by atoms with Gasteiger partial charge in [0.05, 0.1) is 7.11 Å². The molecule has 150 valence electrons. The number of nitrogens with zero attached hydrogens (tertiary/aromatic N) is 2. The van der Waals surface area contributed by atoms with Crippen LogP contribution in [0.3, 0.4) is 0 Å². The molecule has 7 heteroatoms. The lowest BCUT2D eigenvalue weighted by Gasteiger charge is -2.10. The fourth-order valence-corrected chi connectivity index (χ4v) is 2.76. The minimum atomic E-state index is -2.99. The van der Waals surface area contributed by atoms with Crippen LogP contribution in [0.15, 0.2) is 71.9 Å². The van der Waals surface area contributed by atoms with Gasteiger partial charge in [0, 0.05) is 18.3 Å². The second-order valence-electron chi connectivity index (χ2n) is 6.33. The molecule has 1 aromatic heterocycles. The molecule has 29 heavy (non-hydrogen) atoms. The van der Waals surface area contributed by atoms with Gasteiger partial charge in [-0.3, -0.25) is 4.79 Å². The molecule has 0 aliphatic rings. The number of benzene rings is 2. The average Bonchev–Trinajstić information content (AvgIpc) is 2.71. The highest BCUT2D eigenvalue weighted by molar-refractivity contribution is 5.95. The lowest BCUT2D eigenvalue weighted by molar-refractivity contribution is -0.0512. The first-order valence-corrected chi connectivity index (χ1v) is 8.89. The van der Waals surface area contributed by atoms with E-state index in [1.165, 1.54) is 30.9 Å². The minimum Gasteiger partial charge on any atom is -0.493 e. The normalized spacial score (nSPS) is 11.6. The summed E-state index contributed by atoms with van der Waals surface area (Å²) in [6, 6.07) is 17.4. The average molecular weight is 398 g/mol. The molecule has 0 bridgehead atoms. The first-order chi connectivity index (χ1) is 14.0. The second kappa shape index (κ2) is 9.14. The Morgan fingerprint density at radius 3 is 2.52 bits per heavy atom. The van der Waals surface area contributed by atoms with E-state index in [2.05, 4.69) is 9.73 Å². The standard InChI is InChI=1S/C22H20F2N2O3/c1-15-6-8-16(9-7-15)14-26-12-4-3-5-20(26)25-21(27)17-10-11-18(29-22(23)24)19(13-17)28-2/h3-13,22H,14H2,1-2H3. The Bertz CT molecular complexity index is 1060. The third-order valence-corrected chi connectivity index (χ3v) is 4.23. The van der Waals surface area contributed by atoms with E-state index >= 15 is 0 Å². The summed E-state index contributed by atoms with van der Waals surface area (Å²) >= 11 is 0. The number of alkyl halides is 2. The molecule has 0 N–H and O–H groups in total. The molecule has 2 aromatic carbocycles. The van der Waals surface area contributed by atoms with Crippen molar-refractivity contribution in [2.45, 2.75) is 20.1 Å². The highest BCUT2D eigenvalue weighted by atomic mass is 19.3. The third-order valence-electron chi connectivity index (χ3n) is 4.23. The van der Waals surface area contributed by atoms with Crippen molar-refractivity contribution in [3.8, 4) is 11.5 Å². The van der Waals surface area contributed by atoms with Gasteiger partial charge in [-0.05, 0) is 42.8 Å². The first kappa shape index (κ1) is 20.3. The van der Waals surface area contributed by atoms with E-state index in [-0.39, 0.29) is 17.1 Å². The molecule has 3 rings (SSSR count). The van der Waals surface area contributed by atoms with Crippen LogP contribution in [-0.4, -0.2) is 24.2 Å². The summed E-state index contributed by atoms with van der Waals surface area (Å²) in [5, 5.41) is 0. The molecule has 0 spiro atoms. The molecule has 0 atom stereocenters. The Kier molecular flexibility index (Phi) is 6.39. The summed E-state index contributed by atoms with van der Waals surface area (Å²) in [6.45, 7) is -0.414. The fraction of sp³-hybridized carbons (Fsp3) is 0.182. The van der Waals surface area contributed by atoms with Crippen LogP contribution in [0.25, 0.3) is 0 Å². The summed E-state index contributed by atoms with van der Waals surface area (Å²) in [6.07, 6.45) is 1.84. The Balaban J connectivity index is 1.90. The van der Waals surface area contributed by atoms with Gasteiger partial charge in [-0.25, -0.2) is 0 Å². The molecule has 5 nitrogen and oxygen atoms in total. The zero-order valence-electron chi connectivity index (χ0n) is 16.0. The molecule has 1 heterocycles. The van der Waals surface area contributed by atoms with Crippen molar-refractivity contribution in [2.24, 2.45) is 4.99 Å². The third kappa shape index (κ3) is 5.28. The van der Waals surface area contributed by atoms with Gasteiger partial charge in [-0.1, -0.05) is 35.9 Å². The number of aromatic nitrogens is 1. The van der Waals surface area contributed by atoms with E-state index in [4.69, 9.17) is 4.74 Å². The number of rotatable bonds is 6. The van der Waals surface area contributed by atoms with Crippen molar-refractivity contribution in [1.29, 1.82) is 0 Å². The zero-order chi connectivity index (χ0) is 20.8. The monoisotopic (exact) mass is 398 g/mol. The number of pyridine rings is 1. The van der Waals surface area contributed by atoms with E-state index in [1.54, 1.807) is 12.1 Å². The molecule has 0 saturated heterocycles. The lowest BCUT2D eigenvalue weighted by atomic mass is 10.1. The van der Waals surface area contributed by atoms with E-state index in [9.17, 15) is 13.6 Å². The Morgan fingerprint density at radius 1 is 1.07 bits per heavy atom. The Hall–Kier alpha value is -3.48.